The molecule has 0 aromatic heterocycles. The van der Waals surface area contributed by atoms with E-state index in [1.54, 1.807) is 0 Å². The second kappa shape index (κ2) is 4.93. The topological polar surface area (TPSA) is 55.1 Å². The van der Waals surface area contributed by atoms with Gasteiger partial charge in [-0.15, -0.1) is 0 Å². The zero-order valence-electron chi connectivity index (χ0n) is 10.8. The molecule has 3 rings (SSSR count). The van der Waals surface area contributed by atoms with Crippen LogP contribution in [0.15, 0.2) is 24.3 Å². The summed E-state index contributed by atoms with van der Waals surface area (Å²) < 4.78 is 0. The lowest BCUT2D eigenvalue weighted by molar-refractivity contribution is -0.117. The molecule has 1 aromatic carbocycles. The largest absolute Gasteiger partial charge is 0.389 e. The molecule has 19 heavy (non-hydrogen) atoms. The van der Waals surface area contributed by atoms with Crippen LogP contribution in [0, 0.1) is 17.8 Å². The van der Waals surface area contributed by atoms with E-state index in [1.807, 2.05) is 24.3 Å². The highest BCUT2D eigenvalue weighted by Gasteiger charge is 2.54. The number of carbonyl (C=O) groups excluding carboxylic acids is 1. The van der Waals surface area contributed by atoms with Gasteiger partial charge in [0.1, 0.15) is 4.99 Å². The Morgan fingerprint density at radius 3 is 2.58 bits per heavy atom. The number of benzene rings is 1. The van der Waals surface area contributed by atoms with Gasteiger partial charge in [0.25, 0.3) is 0 Å². The summed E-state index contributed by atoms with van der Waals surface area (Å²) in [6, 6.07) is 7.44. The Balaban J connectivity index is 1.67. The molecule has 0 spiro atoms. The van der Waals surface area contributed by atoms with Gasteiger partial charge in [0.2, 0.25) is 5.91 Å². The van der Waals surface area contributed by atoms with Crippen LogP contribution in [0.5, 0.6) is 0 Å². The van der Waals surface area contributed by atoms with Crippen LogP contribution < -0.4 is 11.1 Å². The van der Waals surface area contributed by atoms with Crippen LogP contribution >= 0.6 is 12.2 Å². The SMILES string of the molecule is NC(=S)c1cccc(NC(=O)C2C3CCCCC32)c1. The van der Waals surface area contributed by atoms with E-state index >= 15 is 0 Å². The quantitative estimate of drug-likeness (QED) is 0.833. The van der Waals surface area contributed by atoms with Crippen LogP contribution in [0.2, 0.25) is 0 Å². The molecular formula is C15H18N2OS. The summed E-state index contributed by atoms with van der Waals surface area (Å²) >= 11 is 4.95. The summed E-state index contributed by atoms with van der Waals surface area (Å²) in [5.74, 6) is 1.66. The first-order chi connectivity index (χ1) is 9.16. The minimum Gasteiger partial charge on any atom is -0.389 e. The molecule has 0 aliphatic heterocycles. The van der Waals surface area contributed by atoms with Gasteiger partial charge in [-0.2, -0.15) is 0 Å². The molecule has 1 amide bonds. The molecule has 4 heteroatoms. The van der Waals surface area contributed by atoms with Crippen molar-refractivity contribution in [3.05, 3.63) is 29.8 Å². The standard InChI is InChI=1S/C15H18N2OS/c16-14(19)9-4-3-5-10(8-9)17-15(18)13-11-6-1-2-7-12(11)13/h3-5,8,11-13H,1-2,6-7H2,(H2,16,19)(H,17,18). The Morgan fingerprint density at radius 1 is 1.26 bits per heavy atom. The fraction of sp³-hybridized carbons (Fsp3) is 0.467. The maximum absolute atomic E-state index is 12.2. The van der Waals surface area contributed by atoms with Crippen molar-refractivity contribution < 1.29 is 4.79 Å². The monoisotopic (exact) mass is 274 g/mol. The van der Waals surface area contributed by atoms with Gasteiger partial charge in [-0.25, -0.2) is 0 Å². The number of amides is 1. The van der Waals surface area contributed by atoms with Crippen LogP contribution in [-0.2, 0) is 4.79 Å². The molecule has 1 aromatic rings. The summed E-state index contributed by atoms with van der Waals surface area (Å²) in [6.07, 6.45) is 5.00. The molecule has 0 radical (unpaired) electrons. The molecule has 2 atom stereocenters. The Bertz CT molecular complexity index is 517. The van der Waals surface area contributed by atoms with Gasteiger partial charge in [-0.05, 0) is 36.8 Å². The van der Waals surface area contributed by atoms with Crippen molar-refractivity contribution in [3.8, 4) is 0 Å². The number of fused-ring (bicyclic) bond motifs is 1. The van der Waals surface area contributed by atoms with Crippen molar-refractivity contribution in [2.24, 2.45) is 23.5 Å². The van der Waals surface area contributed by atoms with Crippen molar-refractivity contribution in [3.63, 3.8) is 0 Å². The number of rotatable bonds is 3. The van der Waals surface area contributed by atoms with Gasteiger partial charge >= 0.3 is 0 Å². The molecular weight excluding hydrogens is 256 g/mol. The molecule has 0 bridgehead atoms. The zero-order chi connectivity index (χ0) is 13.4. The molecule has 2 saturated carbocycles. The number of nitrogens with one attached hydrogen (secondary N) is 1. The maximum Gasteiger partial charge on any atom is 0.228 e. The third-order valence-electron chi connectivity index (χ3n) is 4.37. The number of hydrogen-bond acceptors (Lipinski definition) is 2. The number of anilines is 1. The molecule has 100 valence electrons. The van der Waals surface area contributed by atoms with E-state index in [9.17, 15) is 4.79 Å². The highest BCUT2D eigenvalue weighted by atomic mass is 32.1. The lowest BCUT2D eigenvalue weighted by Crippen LogP contribution is -2.16. The number of hydrogen-bond donors (Lipinski definition) is 2. The van der Waals surface area contributed by atoms with E-state index in [0.717, 1.165) is 11.3 Å². The number of nitrogens with two attached hydrogens (primary N) is 1. The summed E-state index contributed by atoms with van der Waals surface area (Å²) in [6.45, 7) is 0. The van der Waals surface area contributed by atoms with E-state index in [1.165, 1.54) is 25.7 Å². The van der Waals surface area contributed by atoms with Gasteiger partial charge in [-0.1, -0.05) is 37.2 Å². The van der Waals surface area contributed by atoms with Crippen LogP contribution in [0.4, 0.5) is 5.69 Å². The van der Waals surface area contributed by atoms with Crippen molar-refractivity contribution in [2.75, 3.05) is 5.32 Å². The van der Waals surface area contributed by atoms with Crippen molar-refractivity contribution >= 4 is 28.8 Å². The average Bonchev–Trinajstić information content (AvgIpc) is 3.13. The van der Waals surface area contributed by atoms with Crippen molar-refractivity contribution in [2.45, 2.75) is 25.7 Å². The van der Waals surface area contributed by atoms with Gasteiger partial charge < -0.3 is 11.1 Å². The summed E-state index contributed by atoms with van der Waals surface area (Å²) in [4.78, 5) is 12.6. The summed E-state index contributed by atoms with van der Waals surface area (Å²) in [7, 11) is 0. The van der Waals surface area contributed by atoms with E-state index in [0.29, 0.717) is 16.8 Å². The molecule has 3 N–H and O–H groups in total. The predicted octanol–water partition coefficient (Wildman–Crippen LogP) is 2.70. The van der Waals surface area contributed by atoms with E-state index in [2.05, 4.69) is 5.32 Å². The summed E-state index contributed by atoms with van der Waals surface area (Å²) in [5.41, 5.74) is 7.18. The van der Waals surface area contributed by atoms with Crippen molar-refractivity contribution in [1.82, 2.24) is 0 Å². The molecule has 2 unspecified atom stereocenters. The Morgan fingerprint density at radius 2 is 1.95 bits per heavy atom. The zero-order valence-corrected chi connectivity index (χ0v) is 11.6. The van der Waals surface area contributed by atoms with Crippen molar-refractivity contribution in [1.29, 1.82) is 0 Å². The molecule has 3 nitrogen and oxygen atoms in total. The first-order valence-corrected chi connectivity index (χ1v) is 7.28. The predicted molar refractivity (Wildman–Crippen MR) is 79.9 cm³/mol. The maximum atomic E-state index is 12.2. The van der Waals surface area contributed by atoms with Gasteiger partial charge in [-0.3, -0.25) is 4.79 Å². The summed E-state index contributed by atoms with van der Waals surface area (Å²) in [5, 5.41) is 3.00. The van der Waals surface area contributed by atoms with E-state index in [4.69, 9.17) is 18.0 Å². The minimum atomic E-state index is 0.164. The van der Waals surface area contributed by atoms with Gasteiger partial charge in [0, 0.05) is 17.2 Å². The van der Waals surface area contributed by atoms with E-state index < -0.39 is 0 Å². The third-order valence-corrected chi connectivity index (χ3v) is 4.61. The fourth-order valence-corrected chi connectivity index (χ4v) is 3.48. The highest BCUT2D eigenvalue weighted by molar-refractivity contribution is 7.80. The van der Waals surface area contributed by atoms with Gasteiger partial charge in [0.05, 0.1) is 0 Å². The molecule has 2 aliphatic carbocycles. The average molecular weight is 274 g/mol. The molecule has 2 fully saturated rings. The molecule has 0 heterocycles. The number of thiocarbonyl (C=S) groups is 1. The van der Waals surface area contributed by atoms with Crippen LogP contribution in [0.1, 0.15) is 31.2 Å². The Kier molecular flexibility index (Phi) is 3.27. The second-order valence-electron chi connectivity index (χ2n) is 5.57. The number of carbonyl (C=O) groups is 1. The van der Waals surface area contributed by atoms with Crippen LogP contribution in [0.25, 0.3) is 0 Å². The molecule has 0 saturated heterocycles. The lowest BCUT2D eigenvalue weighted by Gasteiger charge is -2.06. The highest BCUT2D eigenvalue weighted by Crippen LogP contribution is 2.55. The normalized spacial score (nSPS) is 28.3. The first-order valence-electron chi connectivity index (χ1n) is 6.87. The van der Waals surface area contributed by atoms with Gasteiger partial charge in [0.15, 0.2) is 0 Å². The third kappa shape index (κ3) is 2.50. The second-order valence-corrected chi connectivity index (χ2v) is 6.01. The molecule has 2 aliphatic rings. The fourth-order valence-electron chi connectivity index (χ4n) is 3.36. The lowest BCUT2D eigenvalue weighted by atomic mass is 10.0. The Hall–Kier alpha value is -1.42. The Labute approximate surface area is 118 Å². The van der Waals surface area contributed by atoms with Crippen LogP contribution in [0.3, 0.4) is 0 Å². The smallest absolute Gasteiger partial charge is 0.228 e. The minimum absolute atomic E-state index is 0.164. The first kappa shape index (κ1) is 12.6. The van der Waals surface area contributed by atoms with Crippen LogP contribution in [-0.4, -0.2) is 10.9 Å². The van der Waals surface area contributed by atoms with E-state index in [-0.39, 0.29) is 11.8 Å².